The van der Waals surface area contributed by atoms with Crippen molar-refractivity contribution < 1.29 is 14.3 Å². The molecule has 4 heteroatoms. The standard InChI is InChI=1S/C14H25NO3/c1-5-18-14(17)12-7-6-8-15(9-12)13(16)11(4)10(2)3/h10-12H,5-9H2,1-4H3/t11?,12-/m0/s1. The summed E-state index contributed by atoms with van der Waals surface area (Å²) in [6.07, 6.45) is 1.72. The van der Waals surface area contributed by atoms with Gasteiger partial charge in [0.15, 0.2) is 0 Å². The van der Waals surface area contributed by atoms with Gasteiger partial charge in [0.05, 0.1) is 12.5 Å². The van der Waals surface area contributed by atoms with E-state index in [-0.39, 0.29) is 23.7 Å². The fourth-order valence-electron chi connectivity index (χ4n) is 2.20. The normalized spacial score (nSPS) is 21.8. The van der Waals surface area contributed by atoms with E-state index in [0.29, 0.717) is 19.1 Å². The van der Waals surface area contributed by atoms with E-state index in [1.165, 1.54) is 0 Å². The van der Waals surface area contributed by atoms with E-state index in [0.717, 1.165) is 19.4 Å². The van der Waals surface area contributed by atoms with Crippen LogP contribution in [-0.4, -0.2) is 36.5 Å². The number of hydrogen-bond acceptors (Lipinski definition) is 3. The third kappa shape index (κ3) is 3.72. The highest BCUT2D eigenvalue weighted by Gasteiger charge is 2.31. The lowest BCUT2D eigenvalue weighted by Gasteiger charge is -2.34. The smallest absolute Gasteiger partial charge is 0.310 e. The first-order chi connectivity index (χ1) is 8.47. The Morgan fingerprint density at radius 1 is 1.33 bits per heavy atom. The summed E-state index contributed by atoms with van der Waals surface area (Å²) < 4.78 is 5.04. The fraction of sp³-hybridized carbons (Fsp3) is 0.857. The molecule has 0 bridgehead atoms. The Labute approximate surface area is 110 Å². The van der Waals surface area contributed by atoms with Crippen LogP contribution in [0.5, 0.6) is 0 Å². The first-order valence-corrected chi connectivity index (χ1v) is 6.92. The summed E-state index contributed by atoms with van der Waals surface area (Å²) in [5.74, 6) is 0.222. The summed E-state index contributed by atoms with van der Waals surface area (Å²) >= 11 is 0. The number of carbonyl (C=O) groups is 2. The van der Waals surface area contributed by atoms with Crippen molar-refractivity contribution in [3.63, 3.8) is 0 Å². The van der Waals surface area contributed by atoms with Crippen molar-refractivity contribution in [1.29, 1.82) is 0 Å². The van der Waals surface area contributed by atoms with Crippen molar-refractivity contribution in [3.05, 3.63) is 0 Å². The number of hydrogen-bond donors (Lipinski definition) is 0. The van der Waals surface area contributed by atoms with E-state index in [1.54, 1.807) is 0 Å². The molecule has 0 N–H and O–H groups in total. The van der Waals surface area contributed by atoms with Crippen LogP contribution in [0.3, 0.4) is 0 Å². The molecular formula is C14H25NO3. The van der Waals surface area contributed by atoms with Gasteiger partial charge in [-0.2, -0.15) is 0 Å². The van der Waals surface area contributed by atoms with E-state index in [4.69, 9.17) is 4.74 Å². The molecule has 1 aliphatic rings. The highest BCUT2D eigenvalue weighted by Crippen LogP contribution is 2.21. The van der Waals surface area contributed by atoms with Gasteiger partial charge in [-0.05, 0) is 25.7 Å². The van der Waals surface area contributed by atoms with Crippen LogP contribution in [0, 0.1) is 17.8 Å². The van der Waals surface area contributed by atoms with Crippen LogP contribution in [0.4, 0.5) is 0 Å². The summed E-state index contributed by atoms with van der Waals surface area (Å²) in [5, 5.41) is 0. The maximum absolute atomic E-state index is 12.2. The van der Waals surface area contributed by atoms with Crippen LogP contribution in [0.25, 0.3) is 0 Å². The third-order valence-corrected chi connectivity index (χ3v) is 3.74. The molecular weight excluding hydrogens is 230 g/mol. The molecule has 104 valence electrons. The van der Waals surface area contributed by atoms with Gasteiger partial charge in [0, 0.05) is 19.0 Å². The van der Waals surface area contributed by atoms with Crippen LogP contribution < -0.4 is 0 Å². The summed E-state index contributed by atoms with van der Waals surface area (Å²) in [6, 6.07) is 0. The minimum absolute atomic E-state index is 0.0194. The fourth-order valence-corrected chi connectivity index (χ4v) is 2.20. The molecule has 1 aliphatic heterocycles. The van der Waals surface area contributed by atoms with Gasteiger partial charge in [0.2, 0.25) is 5.91 Å². The zero-order valence-electron chi connectivity index (χ0n) is 11.9. The zero-order chi connectivity index (χ0) is 13.7. The molecule has 2 atom stereocenters. The molecule has 4 nitrogen and oxygen atoms in total. The number of likely N-dealkylation sites (tertiary alicyclic amines) is 1. The largest absolute Gasteiger partial charge is 0.466 e. The Morgan fingerprint density at radius 3 is 2.56 bits per heavy atom. The predicted octanol–water partition coefficient (Wildman–Crippen LogP) is 2.08. The van der Waals surface area contributed by atoms with Gasteiger partial charge in [-0.25, -0.2) is 0 Å². The second kappa shape index (κ2) is 6.76. The van der Waals surface area contributed by atoms with Crippen LogP contribution >= 0.6 is 0 Å². The first-order valence-electron chi connectivity index (χ1n) is 6.92. The van der Waals surface area contributed by atoms with Gasteiger partial charge in [-0.15, -0.1) is 0 Å². The maximum Gasteiger partial charge on any atom is 0.310 e. The van der Waals surface area contributed by atoms with Crippen LogP contribution in [0.2, 0.25) is 0 Å². The second-order valence-corrected chi connectivity index (χ2v) is 5.41. The highest BCUT2D eigenvalue weighted by molar-refractivity contribution is 5.80. The molecule has 0 aromatic heterocycles. The Morgan fingerprint density at radius 2 is 2.00 bits per heavy atom. The van der Waals surface area contributed by atoms with E-state index in [9.17, 15) is 9.59 Å². The predicted molar refractivity (Wildman–Crippen MR) is 69.9 cm³/mol. The lowest BCUT2D eigenvalue weighted by Crippen LogP contribution is -2.45. The van der Waals surface area contributed by atoms with E-state index in [1.807, 2.05) is 18.7 Å². The molecule has 1 saturated heterocycles. The minimum Gasteiger partial charge on any atom is -0.466 e. The van der Waals surface area contributed by atoms with Crippen molar-refractivity contribution in [3.8, 4) is 0 Å². The van der Waals surface area contributed by atoms with Crippen LogP contribution in [0.15, 0.2) is 0 Å². The SMILES string of the molecule is CCOC(=O)[C@H]1CCCN(C(=O)C(C)C(C)C)C1. The van der Waals surface area contributed by atoms with Gasteiger partial charge in [0.25, 0.3) is 0 Å². The molecule has 1 rings (SSSR count). The summed E-state index contributed by atoms with van der Waals surface area (Å²) in [7, 11) is 0. The molecule has 0 radical (unpaired) electrons. The highest BCUT2D eigenvalue weighted by atomic mass is 16.5. The van der Waals surface area contributed by atoms with Crippen molar-refractivity contribution in [2.45, 2.75) is 40.5 Å². The molecule has 1 amide bonds. The number of esters is 1. The first kappa shape index (κ1) is 15.0. The maximum atomic E-state index is 12.2. The van der Waals surface area contributed by atoms with Crippen LogP contribution in [-0.2, 0) is 14.3 Å². The monoisotopic (exact) mass is 255 g/mol. The number of rotatable bonds is 4. The summed E-state index contributed by atoms with van der Waals surface area (Å²) in [5.41, 5.74) is 0. The molecule has 1 unspecified atom stereocenters. The summed E-state index contributed by atoms with van der Waals surface area (Å²) in [4.78, 5) is 25.8. The van der Waals surface area contributed by atoms with E-state index >= 15 is 0 Å². The van der Waals surface area contributed by atoms with Crippen LogP contribution in [0.1, 0.15) is 40.5 Å². The summed E-state index contributed by atoms with van der Waals surface area (Å²) in [6.45, 7) is 9.57. The topological polar surface area (TPSA) is 46.6 Å². The van der Waals surface area contributed by atoms with Gasteiger partial charge in [-0.1, -0.05) is 20.8 Å². The zero-order valence-corrected chi connectivity index (χ0v) is 11.9. The number of piperidine rings is 1. The van der Waals surface area contributed by atoms with Gasteiger partial charge in [0.1, 0.15) is 0 Å². The van der Waals surface area contributed by atoms with Gasteiger partial charge in [-0.3, -0.25) is 9.59 Å². The molecule has 0 saturated carbocycles. The van der Waals surface area contributed by atoms with Gasteiger partial charge < -0.3 is 9.64 Å². The van der Waals surface area contributed by atoms with Crippen molar-refractivity contribution >= 4 is 11.9 Å². The van der Waals surface area contributed by atoms with Crippen molar-refractivity contribution in [1.82, 2.24) is 4.90 Å². The quantitative estimate of drug-likeness (QED) is 0.723. The lowest BCUT2D eigenvalue weighted by molar-refractivity contribution is -0.152. The number of ether oxygens (including phenoxy) is 1. The number of nitrogens with zero attached hydrogens (tertiary/aromatic N) is 1. The molecule has 0 aromatic rings. The van der Waals surface area contributed by atoms with Crippen molar-refractivity contribution in [2.75, 3.05) is 19.7 Å². The molecule has 0 aromatic carbocycles. The average molecular weight is 255 g/mol. The average Bonchev–Trinajstić information content (AvgIpc) is 2.37. The number of carbonyl (C=O) groups excluding carboxylic acids is 2. The van der Waals surface area contributed by atoms with Crippen molar-refractivity contribution in [2.24, 2.45) is 17.8 Å². The lowest BCUT2D eigenvalue weighted by atomic mass is 9.93. The Balaban J connectivity index is 2.58. The number of amides is 1. The molecule has 1 fully saturated rings. The Kier molecular flexibility index (Phi) is 5.63. The Bertz CT molecular complexity index is 301. The van der Waals surface area contributed by atoms with Gasteiger partial charge >= 0.3 is 5.97 Å². The molecule has 0 aliphatic carbocycles. The Hall–Kier alpha value is -1.06. The molecule has 1 heterocycles. The second-order valence-electron chi connectivity index (χ2n) is 5.41. The molecule has 0 spiro atoms. The van der Waals surface area contributed by atoms with E-state index in [2.05, 4.69) is 13.8 Å². The van der Waals surface area contributed by atoms with E-state index < -0.39 is 0 Å². The molecule has 18 heavy (non-hydrogen) atoms. The third-order valence-electron chi connectivity index (χ3n) is 3.74. The minimum atomic E-state index is -0.160.